The lowest BCUT2D eigenvalue weighted by Crippen LogP contribution is -2.34. The van der Waals surface area contributed by atoms with Crippen LogP contribution in [0.3, 0.4) is 0 Å². The third kappa shape index (κ3) is 4.49. The highest BCUT2D eigenvalue weighted by Crippen LogP contribution is 2.33. The molecule has 1 fully saturated rings. The Morgan fingerprint density at radius 2 is 2.00 bits per heavy atom. The predicted molar refractivity (Wildman–Crippen MR) is 121 cm³/mol. The van der Waals surface area contributed by atoms with E-state index in [4.69, 9.17) is 0 Å². The summed E-state index contributed by atoms with van der Waals surface area (Å²) in [4.78, 5) is 25.6. The van der Waals surface area contributed by atoms with Crippen LogP contribution in [0.4, 0.5) is 10.1 Å². The van der Waals surface area contributed by atoms with E-state index in [1.807, 2.05) is 6.20 Å². The molecule has 0 spiro atoms. The maximum absolute atomic E-state index is 15.1. The molecule has 7 nitrogen and oxygen atoms in total. The van der Waals surface area contributed by atoms with Crippen LogP contribution < -0.4 is 10.6 Å². The summed E-state index contributed by atoms with van der Waals surface area (Å²) >= 11 is 0. The average Bonchev–Trinajstić information content (AvgIpc) is 3.28. The number of likely N-dealkylation sites (N-methyl/N-ethyl adjacent to an activating group) is 1. The standard InChI is InChI=1S/C23H31FN4O3/c1-5-27(14-30)22(13-29)25-26(4)21-11-17-18(10-20(21)24)23(31)28(12-19(17)15(2)3)16-8-6-7-9-16/h10-12,14-16,29H,5-9,13H2,1-4H3/b25-22-. The molecule has 0 bridgehead atoms. The Morgan fingerprint density at radius 1 is 1.32 bits per heavy atom. The highest BCUT2D eigenvalue weighted by atomic mass is 19.1. The molecule has 0 aliphatic heterocycles. The van der Waals surface area contributed by atoms with Crippen LogP contribution >= 0.6 is 0 Å². The molecule has 1 aromatic heterocycles. The highest BCUT2D eigenvalue weighted by molar-refractivity contribution is 5.93. The first kappa shape index (κ1) is 22.9. The van der Waals surface area contributed by atoms with E-state index in [0.29, 0.717) is 23.7 Å². The van der Waals surface area contributed by atoms with Gasteiger partial charge < -0.3 is 9.67 Å². The second-order valence-corrected chi connectivity index (χ2v) is 8.33. The van der Waals surface area contributed by atoms with Gasteiger partial charge in [-0.25, -0.2) is 4.39 Å². The van der Waals surface area contributed by atoms with Crippen LogP contribution in [0.5, 0.6) is 0 Å². The number of carbonyl (C=O) groups is 1. The number of benzene rings is 1. The zero-order chi connectivity index (χ0) is 22.7. The van der Waals surface area contributed by atoms with Gasteiger partial charge in [0.2, 0.25) is 6.41 Å². The molecule has 0 unspecified atom stereocenters. The minimum absolute atomic E-state index is 0.111. The Bertz CT molecular complexity index is 1040. The number of aliphatic hydroxyl groups excluding tert-OH is 1. The van der Waals surface area contributed by atoms with Gasteiger partial charge in [0, 0.05) is 25.8 Å². The Balaban J connectivity index is 2.16. The molecule has 1 amide bonds. The van der Waals surface area contributed by atoms with Gasteiger partial charge in [0.1, 0.15) is 12.4 Å². The molecule has 1 N–H and O–H groups in total. The molecular formula is C23H31FN4O3. The van der Waals surface area contributed by atoms with Crippen LogP contribution in [0.1, 0.15) is 64.0 Å². The lowest BCUT2D eigenvalue weighted by molar-refractivity contribution is -0.114. The Morgan fingerprint density at radius 3 is 2.55 bits per heavy atom. The van der Waals surface area contributed by atoms with Crippen LogP contribution in [-0.2, 0) is 4.79 Å². The number of pyridine rings is 1. The number of hydrogen-bond donors (Lipinski definition) is 1. The number of hydrazone groups is 1. The van der Waals surface area contributed by atoms with Crippen molar-refractivity contribution in [3.8, 4) is 0 Å². The lowest BCUT2D eigenvalue weighted by Gasteiger charge is -2.22. The summed E-state index contributed by atoms with van der Waals surface area (Å²) in [7, 11) is 1.55. The normalized spacial score (nSPS) is 15.1. The number of nitrogens with zero attached hydrogens (tertiary/aromatic N) is 4. The number of hydrogen-bond acceptors (Lipinski definition) is 5. The van der Waals surface area contributed by atoms with Crippen LogP contribution in [0.15, 0.2) is 28.2 Å². The van der Waals surface area contributed by atoms with Gasteiger partial charge in [-0.05, 0) is 48.8 Å². The summed E-state index contributed by atoms with van der Waals surface area (Å²) in [5.41, 5.74) is 0.975. The number of rotatable bonds is 7. The average molecular weight is 431 g/mol. The first-order valence-corrected chi connectivity index (χ1v) is 10.8. The van der Waals surface area contributed by atoms with Gasteiger partial charge in [0.05, 0.1) is 11.1 Å². The van der Waals surface area contributed by atoms with Gasteiger partial charge in [0.25, 0.3) is 5.56 Å². The number of amides is 1. The van der Waals surface area contributed by atoms with Crippen molar-refractivity contribution in [2.45, 2.75) is 58.4 Å². The minimum Gasteiger partial charge on any atom is -0.388 e. The fourth-order valence-electron chi connectivity index (χ4n) is 4.28. The zero-order valence-electron chi connectivity index (χ0n) is 18.6. The molecule has 0 radical (unpaired) electrons. The number of anilines is 1. The van der Waals surface area contributed by atoms with Gasteiger partial charge in [-0.3, -0.25) is 19.5 Å². The predicted octanol–water partition coefficient (Wildman–Crippen LogP) is 3.60. The van der Waals surface area contributed by atoms with Crippen molar-refractivity contribution < 1.29 is 14.3 Å². The highest BCUT2D eigenvalue weighted by Gasteiger charge is 2.22. The summed E-state index contributed by atoms with van der Waals surface area (Å²) in [6, 6.07) is 3.09. The molecule has 168 valence electrons. The molecule has 1 aromatic carbocycles. The number of aliphatic hydroxyl groups is 1. The van der Waals surface area contributed by atoms with E-state index in [1.165, 1.54) is 16.0 Å². The maximum atomic E-state index is 15.1. The van der Waals surface area contributed by atoms with Crippen molar-refractivity contribution in [3.63, 3.8) is 0 Å². The summed E-state index contributed by atoms with van der Waals surface area (Å²) in [5.74, 6) is -0.331. The molecule has 2 aromatic rings. The number of fused-ring (bicyclic) bond motifs is 1. The van der Waals surface area contributed by atoms with Crippen molar-refractivity contribution >= 4 is 28.7 Å². The first-order chi connectivity index (χ1) is 14.8. The molecule has 1 heterocycles. The molecule has 3 rings (SSSR count). The summed E-state index contributed by atoms with van der Waals surface area (Å²) < 4.78 is 16.9. The second kappa shape index (κ2) is 9.60. The first-order valence-electron chi connectivity index (χ1n) is 10.8. The van der Waals surface area contributed by atoms with E-state index in [1.54, 1.807) is 24.6 Å². The number of carbonyl (C=O) groups excluding carboxylic acids is 1. The van der Waals surface area contributed by atoms with E-state index >= 15 is 4.39 Å². The van der Waals surface area contributed by atoms with Crippen LogP contribution in [0.2, 0.25) is 0 Å². The minimum atomic E-state index is -0.582. The fourth-order valence-corrected chi connectivity index (χ4v) is 4.28. The van der Waals surface area contributed by atoms with Crippen molar-refractivity contribution in [1.82, 2.24) is 9.47 Å². The van der Waals surface area contributed by atoms with Gasteiger partial charge >= 0.3 is 0 Å². The molecule has 0 atom stereocenters. The van der Waals surface area contributed by atoms with Gasteiger partial charge in [0.15, 0.2) is 5.84 Å². The van der Waals surface area contributed by atoms with Gasteiger partial charge in [-0.15, -0.1) is 0 Å². The van der Waals surface area contributed by atoms with Crippen LogP contribution in [-0.4, -0.2) is 47.0 Å². The largest absolute Gasteiger partial charge is 0.388 e. The number of aromatic nitrogens is 1. The Kier molecular flexibility index (Phi) is 7.10. The van der Waals surface area contributed by atoms with Crippen LogP contribution in [0, 0.1) is 5.82 Å². The topological polar surface area (TPSA) is 78.1 Å². The number of halogens is 1. The van der Waals surface area contributed by atoms with E-state index in [2.05, 4.69) is 18.9 Å². The van der Waals surface area contributed by atoms with E-state index in [-0.39, 0.29) is 29.0 Å². The molecule has 1 aliphatic rings. The SMILES string of the molecule is CCN(C=O)/C(CO)=N\N(C)c1cc2c(C(C)C)cn(C3CCCC3)c(=O)c2cc1F. The summed E-state index contributed by atoms with van der Waals surface area (Å²) in [5, 5.41) is 16.2. The van der Waals surface area contributed by atoms with Crippen LogP contribution in [0.25, 0.3) is 10.8 Å². The molecule has 8 heteroatoms. The third-order valence-electron chi connectivity index (χ3n) is 6.04. The summed E-state index contributed by atoms with van der Waals surface area (Å²) in [6.45, 7) is 5.72. The van der Waals surface area contributed by atoms with E-state index in [9.17, 15) is 14.7 Å². The van der Waals surface area contributed by atoms with Gasteiger partial charge in [-0.1, -0.05) is 26.7 Å². The second-order valence-electron chi connectivity index (χ2n) is 8.33. The van der Waals surface area contributed by atoms with Crippen molar-refractivity contribution in [2.24, 2.45) is 5.10 Å². The molecule has 1 aliphatic carbocycles. The van der Waals surface area contributed by atoms with Crippen molar-refractivity contribution in [1.29, 1.82) is 0 Å². The third-order valence-corrected chi connectivity index (χ3v) is 6.04. The van der Waals surface area contributed by atoms with E-state index in [0.717, 1.165) is 31.2 Å². The smallest absolute Gasteiger partial charge is 0.258 e. The molecule has 31 heavy (non-hydrogen) atoms. The Hall–Kier alpha value is -2.74. The zero-order valence-corrected chi connectivity index (χ0v) is 18.6. The van der Waals surface area contributed by atoms with Gasteiger partial charge in [-0.2, -0.15) is 5.10 Å². The molecule has 1 saturated carbocycles. The lowest BCUT2D eigenvalue weighted by atomic mass is 9.97. The maximum Gasteiger partial charge on any atom is 0.258 e. The summed E-state index contributed by atoms with van der Waals surface area (Å²) in [6.07, 6.45) is 6.64. The van der Waals surface area contributed by atoms with Crippen molar-refractivity contribution in [2.75, 3.05) is 25.2 Å². The fraction of sp³-hybridized carbons (Fsp3) is 0.522. The van der Waals surface area contributed by atoms with E-state index < -0.39 is 12.4 Å². The number of amidine groups is 1. The molecule has 0 saturated heterocycles. The van der Waals surface area contributed by atoms with Crippen molar-refractivity contribution in [3.05, 3.63) is 40.1 Å². The monoisotopic (exact) mass is 430 g/mol. The molecular weight excluding hydrogens is 399 g/mol. The Labute approximate surface area is 181 Å². The quantitative estimate of drug-likeness (QED) is 0.315.